The minimum absolute atomic E-state index is 0.167. The van der Waals surface area contributed by atoms with E-state index < -0.39 is 0 Å². The summed E-state index contributed by atoms with van der Waals surface area (Å²) in [5, 5.41) is 8.42. The van der Waals surface area contributed by atoms with E-state index in [1.54, 1.807) is 0 Å². The van der Waals surface area contributed by atoms with Crippen LogP contribution in [0, 0.1) is 13.8 Å². The van der Waals surface area contributed by atoms with E-state index >= 15 is 0 Å². The quantitative estimate of drug-likeness (QED) is 0.871. The van der Waals surface area contributed by atoms with Crippen LogP contribution in [0.2, 0.25) is 0 Å². The number of carbonyl (C=O) groups excluding carboxylic acids is 1. The lowest BCUT2D eigenvalue weighted by Gasteiger charge is -2.33. The van der Waals surface area contributed by atoms with Crippen LogP contribution in [0.5, 0.6) is 0 Å². The van der Waals surface area contributed by atoms with Crippen LogP contribution in [0.25, 0.3) is 0 Å². The Bertz CT molecular complexity index is 754. The number of rotatable bonds is 3. The largest absolute Gasteiger partial charge is 0.338 e. The van der Waals surface area contributed by atoms with Crippen molar-refractivity contribution in [3.05, 3.63) is 47.0 Å². The third kappa shape index (κ3) is 2.83. The summed E-state index contributed by atoms with van der Waals surface area (Å²) in [5.41, 5.74) is 3.04. The van der Waals surface area contributed by atoms with Crippen LogP contribution >= 0.6 is 0 Å². The van der Waals surface area contributed by atoms with Gasteiger partial charge < -0.3 is 9.47 Å². The van der Waals surface area contributed by atoms with Gasteiger partial charge in [0.2, 0.25) is 0 Å². The van der Waals surface area contributed by atoms with Gasteiger partial charge in [0.05, 0.1) is 0 Å². The highest BCUT2D eigenvalue weighted by atomic mass is 16.2. The van der Waals surface area contributed by atoms with E-state index in [-0.39, 0.29) is 5.91 Å². The lowest BCUT2D eigenvalue weighted by molar-refractivity contribution is 0.0692. The van der Waals surface area contributed by atoms with Gasteiger partial charge in [0.1, 0.15) is 12.2 Å². The minimum atomic E-state index is 0.167. The first-order valence-electron chi connectivity index (χ1n) is 8.89. The van der Waals surface area contributed by atoms with Gasteiger partial charge in [0.25, 0.3) is 5.91 Å². The Morgan fingerprint density at radius 1 is 1.12 bits per heavy atom. The third-order valence-corrected chi connectivity index (χ3v) is 5.31. The van der Waals surface area contributed by atoms with E-state index in [1.807, 2.05) is 37.2 Å². The number of likely N-dealkylation sites (tertiary alicyclic amines) is 1. The van der Waals surface area contributed by atoms with Crippen molar-refractivity contribution in [3.8, 4) is 0 Å². The van der Waals surface area contributed by atoms with Crippen molar-refractivity contribution >= 4 is 5.91 Å². The fourth-order valence-electron chi connectivity index (χ4n) is 3.65. The Labute approximate surface area is 142 Å². The van der Waals surface area contributed by atoms with Gasteiger partial charge in [-0.3, -0.25) is 4.79 Å². The molecule has 0 unspecified atom stereocenters. The first-order chi connectivity index (χ1) is 11.6. The molecule has 1 saturated heterocycles. The second kappa shape index (κ2) is 6.04. The molecule has 2 aromatic rings. The first kappa shape index (κ1) is 15.4. The Kier molecular flexibility index (Phi) is 3.87. The molecule has 0 spiro atoms. The van der Waals surface area contributed by atoms with Crippen LogP contribution in [0.15, 0.2) is 24.5 Å². The monoisotopic (exact) mass is 324 g/mol. The maximum absolute atomic E-state index is 12.8. The van der Waals surface area contributed by atoms with Gasteiger partial charge >= 0.3 is 0 Å². The fraction of sp³-hybridized carbons (Fsp3) is 0.526. The van der Waals surface area contributed by atoms with Crippen molar-refractivity contribution in [1.29, 1.82) is 0 Å². The lowest BCUT2D eigenvalue weighted by atomic mass is 10.0. The summed E-state index contributed by atoms with van der Waals surface area (Å²) < 4.78 is 2.26. The number of hydrogen-bond donors (Lipinski definition) is 0. The maximum Gasteiger partial charge on any atom is 0.254 e. The molecule has 0 bridgehead atoms. The smallest absolute Gasteiger partial charge is 0.254 e. The lowest BCUT2D eigenvalue weighted by Crippen LogP contribution is -2.39. The fourth-order valence-corrected chi connectivity index (χ4v) is 3.65. The first-order valence-corrected chi connectivity index (χ1v) is 8.89. The molecule has 1 aliphatic carbocycles. The molecule has 24 heavy (non-hydrogen) atoms. The molecule has 1 saturated carbocycles. The number of amides is 1. The average Bonchev–Trinajstić information content (AvgIpc) is 3.33. The number of aryl methyl sites for hydroxylation is 2. The highest BCUT2D eigenvalue weighted by Gasteiger charge is 2.32. The van der Waals surface area contributed by atoms with Crippen molar-refractivity contribution in [2.75, 3.05) is 13.1 Å². The van der Waals surface area contributed by atoms with Gasteiger partial charge in [-0.2, -0.15) is 0 Å². The Morgan fingerprint density at radius 2 is 1.88 bits per heavy atom. The molecular weight excluding hydrogens is 300 g/mol. The Morgan fingerprint density at radius 3 is 2.58 bits per heavy atom. The van der Waals surface area contributed by atoms with Gasteiger partial charge in [-0.1, -0.05) is 17.7 Å². The summed E-state index contributed by atoms with van der Waals surface area (Å²) >= 11 is 0. The summed E-state index contributed by atoms with van der Waals surface area (Å²) in [5.74, 6) is 1.93. The van der Waals surface area contributed by atoms with Gasteiger partial charge in [-0.25, -0.2) is 0 Å². The minimum Gasteiger partial charge on any atom is -0.338 e. The molecule has 0 N–H and O–H groups in total. The van der Waals surface area contributed by atoms with E-state index in [2.05, 4.69) is 20.8 Å². The normalized spacial score (nSPS) is 18.8. The van der Waals surface area contributed by atoms with Crippen LogP contribution in [-0.2, 0) is 0 Å². The van der Waals surface area contributed by atoms with Gasteiger partial charge in [-0.05, 0) is 51.2 Å². The van der Waals surface area contributed by atoms with Crippen LogP contribution in [0.1, 0.15) is 65.0 Å². The number of nitrogens with zero attached hydrogens (tertiary/aromatic N) is 4. The van der Waals surface area contributed by atoms with Crippen molar-refractivity contribution < 1.29 is 4.79 Å². The topological polar surface area (TPSA) is 51.0 Å². The summed E-state index contributed by atoms with van der Waals surface area (Å²) in [6, 6.07) is 6.53. The molecular formula is C19H24N4O. The molecule has 5 heteroatoms. The summed E-state index contributed by atoms with van der Waals surface area (Å²) in [4.78, 5) is 14.8. The Balaban J connectivity index is 1.45. The standard InChI is InChI=1S/C19H24N4O/c1-13-3-4-14(2)17(11-13)19(24)22-9-7-16(8-10-22)23-12-20-21-18(23)15-5-6-15/h3-4,11-12,15-16H,5-10H2,1-2H3. The van der Waals surface area contributed by atoms with E-state index in [0.717, 1.165) is 48.4 Å². The summed E-state index contributed by atoms with van der Waals surface area (Å²) in [6.07, 6.45) is 6.31. The van der Waals surface area contributed by atoms with Crippen LogP contribution in [0.4, 0.5) is 0 Å². The zero-order chi connectivity index (χ0) is 16.7. The number of aromatic nitrogens is 3. The number of hydrogen-bond acceptors (Lipinski definition) is 3. The molecule has 4 rings (SSSR count). The van der Waals surface area contributed by atoms with E-state index in [1.165, 1.54) is 12.8 Å². The number of carbonyl (C=O) groups is 1. The predicted molar refractivity (Wildman–Crippen MR) is 92.1 cm³/mol. The molecule has 5 nitrogen and oxygen atoms in total. The zero-order valence-electron chi connectivity index (χ0n) is 14.4. The molecule has 0 atom stereocenters. The van der Waals surface area contributed by atoms with E-state index in [4.69, 9.17) is 0 Å². The SMILES string of the molecule is Cc1ccc(C)c(C(=O)N2CCC(n3cnnc3C3CC3)CC2)c1. The van der Waals surface area contributed by atoms with Crippen molar-refractivity contribution in [2.45, 2.75) is 51.5 Å². The second-order valence-electron chi connectivity index (χ2n) is 7.21. The molecule has 1 aliphatic heterocycles. The zero-order valence-corrected chi connectivity index (χ0v) is 14.4. The highest BCUT2D eigenvalue weighted by molar-refractivity contribution is 5.95. The third-order valence-electron chi connectivity index (χ3n) is 5.31. The van der Waals surface area contributed by atoms with Crippen molar-refractivity contribution in [2.24, 2.45) is 0 Å². The molecule has 2 fully saturated rings. The van der Waals surface area contributed by atoms with Crippen LogP contribution in [0.3, 0.4) is 0 Å². The number of benzene rings is 1. The van der Waals surface area contributed by atoms with Crippen molar-refractivity contribution in [3.63, 3.8) is 0 Å². The second-order valence-corrected chi connectivity index (χ2v) is 7.21. The molecule has 1 amide bonds. The molecule has 2 heterocycles. The average molecular weight is 324 g/mol. The van der Waals surface area contributed by atoms with E-state index in [9.17, 15) is 4.79 Å². The summed E-state index contributed by atoms with van der Waals surface area (Å²) in [7, 11) is 0. The van der Waals surface area contributed by atoms with Gasteiger partial charge in [0, 0.05) is 30.6 Å². The van der Waals surface area contributed by atoms with E-state index in [0.29, 0.717) is 12.0 Å². The number of piperidine rings is 1. The highest BCUT2D eigenvalue weighted by Crippen LogP contribution is 2.40. The van der Waals surface area contributed by atoms with Gasteiger partial charge in [-0.15, -0.1) is 10.2 Å². The summed E-state index contributed by atoms with van der Waals surface area (Å²) in [6.45, 7) is 5.66. The maximum atomic E-state index is 12.8. The molecule has 1 aromatic heterocycles. The van der Waals surface area contributed by atoms with Crippen molar-refractivity contribution in [1.82, 2.24) is 19.7 Å². The van der Waals surface area contributed by atoms with Crippen LogP contribution < -0.4 is 0 Å². The molecule has 126 valence electrons. The van der Waals surface area contributed by atoms with Gasteiger partial charge in [0.15, 0.2) is 0 Å². The Hall–Kier alpha value is -2.17. The molecule has 2 aliphatic rings. The van der Waals surface area contributed by atoms with Crippen LogP contribution in [-0.4, -0.2) is 38.7 Å². The molecule has 1 aromatic carbocycles. The predicted octanol–water partition coefficient (Wildman–Crippen LogP) is 3.25. The molecule has 0 radical (unpaired) electrons.